The average Bonchev–Trinajstić information content (AvgIpc) is 2.41. The molecule has 1 aliphatic rings. The average molecular weight is 251 g/mol. The quantitative estimate of drug-likeness (QED) is 0.883. The third-order valence-electron chi connectivity index (χ3n) is 3.40. The van der Waals surface area contributed by atoms with Crippen molar-refractivity contribution in [1.29, 1.82) is 0 Å². The van der Waals surface area contributed by atoms with Gasteiger partial charge in [0, 0.05) is 18.7 Å². The molecule has 0 aliphatic carbocycles. The van der Waals surface area contributed by atoms with Crippen molar-refractivity contribution < 1.29 is 14.6 Å². The van der Waals surface area contributed by atoms with Crippen LogP contribution in [0, 0.1) is 0 Å². The molecule has 1 saturated heterocycles. The van der Waals surface area contributed by atoms with E-state index >= 15 is 0 Å². The van der Waals surface area contributed by atoms with Gasteiger partial charge in [0.05, 0.1) is 13.7 Å². The molecule has 0 spiro atoms. The summed E-state index contributed by atoms with van der Waals surface area (Å²) in [5.74, 6) is 1.39. The normalized spacial score (nSPS) is 17.7. The van der Waals surface area contributed by atoms with Crippen LogP contribution in [0.4, 0.5) is 0 Å². The number of aliphatic hydroxyl groups is 1. The molecule has 0 atom stereocenters. The maximum atomic E-state index is 9.37. The van der Waals surface area contributed by atoms with E-state index in [9.17, 15) is 5.11 Å². The van der Waals surface area contributed by atoms with Gasteiger partial charge >= 0.3 is 0 Å². The van der Waals surface area contributed by atoms with E-state index in [1.54, 1.807) is 7.11 Å². The lowest BCUT2D eigenvalue weighted by molar-refractivity contribution is 0.108. The molecule has 1 fully saturated rings. The van der Waals surface area contributed by atoms with E-state index in [0.29, 0.717) is 11.5 Å². The van der Waals surface area contributed by atoms with Gasteiger partial charge < -0.3 is 19.5 Å². The van der Waals surface area contributed by atoms with E-state index in [0.717, 1.165) is 31.5 Å². The van der Waals surface area contributed by atoms with Crippen molar-refractivity contribution >= 4 is 0 Å². The molecule has 0 bridgehead atoms. The molecule has 100 valence electrons. The molecule has 2 rings (SSSR count). The van der Waals surface area contributed by atoms with Crippen molar-refractivity contribution in [2.45, 2.75) is 25.6 Å². The number of piperidine rings is 1. The fraction of sp³-hybridized carbons (Fsp3) is 0.571. The number of aliphatic hydroxyl groups excluding tert-OH is 1. The van der Waals surface area contributed by atoms with Crippen molar-refractivity contribution in [3.8, 4) is 11.5 Å². The lowest BCUT2D eigenvalue weighted by atomic mass is 10.1. The number of methoxy groups -OCH3 is 1. The second-order valence-corrected chi connectivity index (χ2v) is 4.73. The number of rotatable bonds is 4. The lowest BCUT2D eigenvalue weighted by Gasteiger charge is -2.30. The number of ether oxygens (including phenoxy) is 2. The van der Waals surface area contributed by atoms with Crippen molar-refractivity contribution in [1.82, 2.24) is 4.90 Å². The zero-order valence-corrected chi connectivity index (χ0v) is 11.1. The molecule has 0 radical (unpaired) electrons. The predicted molar refractivity (Wildman–Crippen MR) is 70.1 cm³/mol. The molecule has 1 heterocycles. The molecule has 0 unspecified atom stereocenters. The Bertz CT molecular complexity index is 364. The number of benzene rings is 1. The molecular formula is C14H21NO3. The van der Waals surface area contributed by atoms with Crippen molar-refractivity contribution in [2.24, 2.45) is 0 Å². The van der Waals surface area contributed by atoms with E-state index in [4.69, 9.17) is 9.47 Å². The molecule has 0 amide bonds. The summed E-state index contributed by atoms with van der Waals surface area (Å²) in [6.07, 6.45) is 2.24. The predicted octanol–water partition coefficient (Wildman–Crippen LogP) is 1.66. The minimum Gasteiger partial charge on any atom is -0.493 e. The van der Waals surface area contributed by atoms with E-state index in [2.05, 4.69) is 11.9 Å². The van der Waals surface area contributed by atoms with Gasteiger partial charge in [-0.15, -0.1) is 0 Å². The standard InChI is InChI=1S/C14H21NO3/c1-15-8-6-12(7-9-15)18-14-11(10-16)4-3-5-13(14)17-2/h3-5,12,16H,6-10H2,1-2H3. The molecule has 0 saturated carbocycles. The highest BCUT2D eigenvalue weighted by Crippen LogP contribution is 2.33. The topological polar surface area (TPSA) is 41.9 Å². The zero-order chi connectivity index (χ0) is 13.0. The number of likely N-dealkylation sites (tertiary alicyclic amines) is 1. The summed E-state index contributed by atoms with van der Waals surface area (Å²) in [5, 5.41) is 9.37. The SMILES string of the molecule is COc1cccc(CO)c1OC1CCN(C)CC1. The highest BCUT2D eigenvalue weighted by atomic mass is 16.5. The van der Waals surface area contributed by atoms with Gasteiger partial charge in [-0.2, -0.15) is 0 Å². The summed E-state index contributed by atoms with van der Waals surface area (Å²) in [7, 11) is 3.75. The van der Waals surface area contributed by atoms with Crippen LogP contribution < -0.4 is 9.47 Å². The monoisotopic (exact) mass is 251 g/mol. The Labute approximate surface area is 108 Å². The number of nitrogens with zero attached hydrogens (tertiary/aromatic N) is 1. The van der Waals surface area contributed by atoms with Crippen LogP contribution in [0.2, 0.25) is 0 Å². The van der Waals surface area contributed by atoms with E-state index < -0.39 is 0 Å². The largest absolute Gasteiger partial charge is 0.493 e. The second kappa shape index (κ2) is 6.07. The summed E-state index contributed by atoms with van der Waals surface area (Å²) in [6.45, 7) is 2.07. The Morgan fingerprint density at radius 3 is 2.67 bits per heavy atom. The Morgan fingerprint density at radius 1 is 1.33 bits per heavy atom. The molecule has 1 aliphatic heterocycles. The molecule has 1 aromatic rings. The van der Waals surface area contributed by atoms with Crippen LogP contribution >= 0.6 is 0 Å². The van der Waals surface area contributed by atoms with Crippen LogP contribution in [-0.4, -0.2) is 43.4 Å². The fourth-order valence-electron chi connectivity index (χ4n) is 2.25. The first kappa shape index (κ1) is 13.2. The van der Waals surface area contributed by atoms with Crippen LogP contribution in [0.5, 0.6) is 11.5 Å². The molecule has 0 aromatic heterocycles. The van der Waals surface area contributed by atoms with Gasteiger partial charge in [-0.05, 0) is 26.0 Å². The molecule has 1 aromatic carbocycles. The summed E-state index contributed by atoms with van der Waals surface area (Å²) in [4.78, 5) is 2.30. The van der Waals surface area contributed by atoms with Gasteiger partial charge in [0.2, 0.25) is 0 Å². The molecule has 4 nitrogen and oxygen atoms in total. The Morgan fingerprint density at radius 2 is 2.06 bits per heavy atom. The smallest absolute Gasteiger partial charge is 0.167 e. The number of para-hydroxylation sites is 1. The van der Waals surface area contributed by atoms with Gasteiger partial charge in [-0.25, -0.2) is 0 Å². The first-order valence-electron chi connectivity index (χ1n) is 6.36. The fourth-order valence-corrected chi connectivity index (χ4v) is 2.25. The zero-order valence-electron chi connectivity index (χ0n) is 11.1. The van der Waals surface area contributed by atoms with Gasteiger partial charge in [-0.1, -0.05) is 12.1 Å². The van der Waals surface area contributed by atoms with Gasteiger partial charge in [0.1, 0.15) is 6.10 Å². The van der Waals surface area contributed by atoms with Crippen LogP contribution in [-0.2, 0) is 6.61 Å². The minimum absolute atomic E-state index is 0.0286. The number of hydrogen-bond acceptors (Lipinski definition) is 4. The third kappa shape index (κ3) is 2.94. The Kier molecular flexibility index (Phi) is 4.44. The van der Waals surface area contributed by atoms with Crippen LogP contribution in [0.3, 0.4) is 0 Å². The molecular weight excluding hydrogens is 230 g/mol. The van der Waals surface area contributed by atoms with E-state index in [1.807, 2.05) is 18.2 Å². The van der Waals surface area contributed by atoms with Crippen LogP contribution in [0.25, 0.3) is 0 Å². The maximum absolute atomic E-state index is 9.37. The second-order valence-electron chi connectivity index (χ2n) is 4.73. The van der Waals surface area contributed by atoms with Crippen molar-refractivity contribution in [3.05, 3.63) is 23.8 Å². The first-order valence-corrected chi connectivity index (χ1v) is 6.36. The van der Waals surface area contributed by atoms with E-state index in [1.165, 1.54) is 0 Å². The summed E-state index contributed by atoms with van der Waals surface area (Å²) < 4.78 is 11.3. The minimum atomic E-state index is -0.0286. The summed E-state index contributed by atoms with van der Waals surface area (Å²) in [5.41, 5.74) is 0.785. The van der Waals surface area contributed by atoms with Crippen LogP contribution in [0.15, 0.2) is 18.2 Å². The van der Waals surface area contributed by atoms with Gasteiger partial charge in [0.15, 0.2) is 11.5 Å². The number of hydrogen-bond donors (Lipinski definition) is 1. The van der Waals surface area contributed by atoms with Crippen molar-refractivity contribution in [2.75, 3.05) is 27.2 Å². The highest BCUT2D eigenvalue weighted by Gasteiger charge is 2.20. The molecule has 1 N–H and O–H groups in total. The Hall–Kier alpha value is -1.26. The summed E-state index contributed by atoms with van der Waals surface area (Å²) >= 11 is 0. The lowest BCUT2D eigenvalue weighted by Crippen LogP contribution is -2.35. The molecule has 18 heavy (non-hydrogen) atoms. The maximum Gasteiger partial charge on any atom is 0.167 e. The van der Waals surface area contributed by atoms with Gasteiger partial charge in [-0.3, -0.25) is 0 Å². The van der Waals surface area contributed by atoms with Crippen molar-refractivity contribution in [3.63, 3.8) is 0 Å². The van der Waals surface area contributed by atoms with Crippen LogP contribution in [0.1, 0.15) is 18.4 Å². The first-order chi connectivity index (χ1) is 8.74. The van der Waals surface area contributed by atoms with Gasteiger partial charge in [0.25, 0.3) is 0 Å². The van der Waals surface area contributed by atoms with E-state index in [-0.39, 0.29) is 12.7 Å². The highest BCUT2D eigenvalue weighted by molar-refractivity contribution is 5.46. The Balaban J connectivity index is 2.12. The summed E-state index contributed by atoms with van der Waals surface area (Å²) in [6, 6.07) is 5.60. The molecule has 4 heteroatoms. The third-order valence-corrected chi connectivity index (χ3v) is 3.40.